The Bertz CT molecular complexity index is 3080. The monoisotopic (exact) mass is 653 g/mol. The molecule has 0 saturated carbocycles. The van der Waals surface area contributed by atoms with Crippen molar-refractivity contribution in [3.05, 3.63) is 164 Å². The zero-order chi connectivity index (χ0) is 33.5. The van der Waals surface area contributed by atoms with Crippen LogP contribution in [0.15, 0.2) is 173 Å². The number of hydrogen-bond acceptors (Lipinski definition) is 4. The molecule has 11 aromatic rings. The molecule has 0 aliphatic rings. The molecule has 5 nitrogen and oxygen atoms in total. The molecule has 0 fully saturated rings. The first-order valence-electron chi connectivity index (χ1n) is 17.1. The number of benzene rings is 7. The van der Waals surface area contributed by atoms with Crippen molar-refractivity contribution in [2.24, 2.45) is 0 Å². The van der Waals surface area contributed by atoms with Crippen molar-refractivity contribution in [2.45, 2.75) is 0 Å². The predicted molar refractivity (Wildman–Crippen MR) is 207 cm³/mol. The number of hydrogen-bond donors (Lipinski definition) is 0. The fraction of sp³-hybridized carbons (Fsp3) is 0. The van der Waals surface area contributed by atoms with Crippen LogP contribution in [0, 0.1) is 0 Å². The van der Waals surface area contributed by atoms with Crippen molar-refractivity contribution in [3.8, 4) is 39.6 Å². The first kappa shape index (κ1) is 27.9. The summed E-state index contributed by atoms with van der Waals surface area (Å²) in [5.41, 5.74) is 11.3. The quantitative estimate of drug-likeness (QED) is 0.190. The molecule has 0 aliphatic carbocycles. The molecule has 51 heavy (non-hydrogen) atoms. The van der Waals surface area contributed by atoms with E-state index in [0.717, 1.165) is 99.4 Å². The van der Waals surface area contributed by atoms with Crippen LogP contribution in [0.4, 0.5) is 0 Å². The third-order valence-electron chi connectivity index (χ3n) is 10.0. The van der Waals surface area contributed by atoms with Crippen molar-refractivity contribution < 1.29 is 8.83 Å². The fourth-order valence-corrected chi connectivity index (χ4v) is 7.70. The second-order valence-electron chi connectivity index (χ2n) is 12.9. The maximum absolute atomic E-state index is 7.01. The molecule has 11 rings (SSSR count). The molecule has 0 unspecified atom stereocenters. The van der Waals surface area contributed by atoms with Gasteiger partial charge in [-0.15, -0.1) is 0 Å². The summed E-state index contributed by atoms with van der Waals surface area (Å²) in [4.78, 5) is 10.3. The molecule has 0 N–H and O–H groups in total. The number of furan rings is 2. The van der Waals surface area contributed by atoms with E-state index in [-0.39, 0.29) is 0 Å². The zero-order valence-electron chi connectivity index (χ0n) is 27.2. The Kier molecular flexibility index (Phi) is 5.89. The molecule has 0 saturated heterocycles. The van der Waals surface area contributed by atoms with Crippen LogP contribution in [0.25, 0.3) is 105 Å². The van der Waals surface area contributed by atoms with Gasteiger partial charge in [-0.05, 0) is 54.6 Å². The molecule has 5 heteroatoms. The SMILES string of the molecule is c1ccc(-c2cc(-c3ccccc3)nc(-c3cccc4c3oc3c4ccc4c3c3ccccc3n4-c3ccc4oc5ccccc5c4c3)n2)cc1. The van der Waals surface area contributed by atoms with Gasteiger partial charge in [0.25, 0.3) is 0 Å². The number of fused-ring (bicyclic) bond motifs is 10. The Balaban J connectivity index is 1.17. The van der Waals surface area contributed by atoms with Gasteiger partial charge in [-0.2, -0.15) is 0 Å². The van der Waals surface area contributed by atoms with Gasteiger partial charge in [0.05, 0.1) is 33.4 Å². The highest BCUT2D eigenvalue weighted by atomic mass is 16.3. The first-order valence-corrected chi connectivity index (χ1v) is 17.1. The van der Waals surface area contributed by atoms with Crippen LogP contribution in [0.3, 0.4) is 0 Å². The van der Waals surface area contributed by atoms with E-state index < -0.39 is 0 Å². The van der Waals surface area contributed by atoms with E-state index in [9.17, 15) is 0 Å². The lowest BCUT2D eigenvalue weighted by Gasteiger charge is -2.09. The minimum absolute atomic E-state index is 0.624. The predicted octanol–water partition coefficient (Wildman–Crippen LogP) is 12.4. The molecule has 0 atom stereocenters. The largest absolute Gasteiger partial charge is 0.456 e. The molecule has 0 spiro atoms. The Labute approximate surface area is 291 Å². The van der Waals surface area contributed by atoms with Crippen LogP contribution in [0.2, 0.25) is 0 Å². The van der Waals surface area contributed by atoms with Crippen molar-refractivity contribution in [2.75, 3.05) is 0 Å². The molecule has 4 heterocycles. The molecule has 7 aromatic carbocycles. The van der Waals surface area contributed by atoms with Gasteiger partial charge in [0.15, 0.2) is 5.82 Å². The van der Waals surface area contributed by atoms with Crippen LogP contribution < -0.4 is 0 Å². The number of nitrogens with zero attached hydrogens (tertiary/aromatic N) is 3. The summed E-state index contributed by atoms with van der Waals surface area (Å²) in [6.07, 6.45) is 0. The summed E-state index contributed by atoms with van der Waals surface area (Å²) in [5.74, 6) is 0.624. The van der Waals surface area contributed by atoms with Gasteiger partial charge in [0.2, 0.25) is 0 Å². The fourth-order valence-electron chi connectivity index (χ4n) is 7.70. The molecule has 0 radical (unpaired) electrons. The van der Waals surface area contributed by atoms with Crippen LogP contribution in [-0.2, 0) is 0 Å². The third-order valence-corrected chi connectivity index (χ3v) is 10.0. The summed E-state index contributed by atoms with van der Waals surface area (Å²) < 4.78 is 15.5. The van der Waals surface area contributed by atoms with E-state index in [2.05, 4.69) is 120 Å². The van der Waals surface area contributed by atoms with E-state index >= 15 is 0 Å². The van der Waals surface area contributed by atoms with E-state index in [4.69, 9.17) is 18.8 Å². The summed E-state index contributed by atoms with van der Waals surface area (Å²) in [6, 6.07) is 56.5. The Hall–Kier alpha value is -6.98. The highest BCUT2D eigenvalue weighted by Crippen LogP contribution is 2.43. The third kappa shape index (κ3) is 4.22. The molecule has 0 aliphatic heterocycles. The summed E-state index contributed by atoms with van der Waals surface area (Å²) >= 11 is 0. The van der Waals surface area contributed by atoms with Crippen molar-refractivity contribution in [3.63, 3.8) is 0 Å². The summed E-state index contributed by atoms with van der Waals surface area (Å²) in [6.45, 7) is 0. The smallest absolute Gasteiger partial charge is 0.164 e. The Morgan fingerprint density at radius 1 is 0.412 bits per heavy atom. The van der Waals surface area contributed by atoms with E-state index in [1.807, 2.05) is 48.5 Å². The summed E-state index contributed by atoms with van der Waals surface area (Å²) in [5, 5.41) is 6.49. The van der Waals surface area contributed by atoms with Crippen molar-refractivity contribution >= 4 is 65.7 Å². The van der Waals surface area contributed by atoms with Crippen molar-refractivity contribution in [1.29, 1.82) is 0 Å². The second kappa shape index (κ2) is 10.8. The average molecular weight is 654 g/mol. The summed E-state index contributed by atoms with van der Waals surface area (Å²) in [7, 11) is 0. The lowest BCUT2D eigenvalue weighted by molar-refractivity contribution is 0.669. The molecular weight excluding hydrogens is 627 g/mol. The Morgan fingerprint density at radius 3 is 1.84 bits per heavy atom. The molecule has 238 valence electrons. The molecule has 0 bridgehead atoms. The minimum atomic E-state index is 0.624. The van der Waals surface area contributed by atoms with E-state index in [1.54, 1.807) is 0 Å². The van der Waals surface area contributed by atoms with Gasteiger partial charge in [-0.25, -0.2) is 9.97 Å². The standard InChI is InChI=1S/C46H27N3O2/c1-3-12-28(13-4-1)37-27-38(29-14-5-2-6-15-29)48-46(47-37)35-19-11-18-32-33-23-24-40-43(45(33)51-44(32)35)34-17-7-9-20-39(34)49(40)30-22-25-42-36(26-30)31-16-8-10-21-41(31)50-42/h1-27H. The number of rotatable bonds is 4. The maximum atomic E-state index is 7.01. The molecule has 4 aromatic heterocycles. The minimum Gasteiger partial charge on any atom is -0.456 e. The normalized spacial score (nSPS) is 11.9. The lowest BCUT2D eigenvalue weighted by atomic mass is 10.0. The van der Waals surface area contributed by atoms with Crippen LogP contribution in [-0.4, -0.2) is 14.5 Å². The average Bonchev–Trinajstić information content (AvgIpc) is 3.87. The van der Waals surface area contributed by atoms with Gasteiger partial charge in [-0.3, -0.25) is 0 Å². The van der Waals surface area contributed by atoms with Gasteiger partial charge < -0.3 is 13.4 Å². The molecule has 0 amide bonds. The van der Waals surface area contributed by atoms with Gasteiger partial charge in [0.1, 0.15) is 22.3 Å². The highest BCUT2D eigenvalue weighted by molar-refractivity contribution is 6.24. The van der Waals surface area contributed by atoms with Crippen LogP contribution in [0.5, 0.6) is 0 Å². The van der Waals surface area contributed by atoms with Crippen LogP contribution >= 0.6 is 0 Å². The highest BCUT2D eigenvalue weighted by Gasteiger charge is 2.22. The zero-order valence-corrected chi connectivity index (χ0v) is 27.2. The maximum Gasteiger partial charge on any atom is 0.164 e. The number of para-hydroxylation sites is 3. The van der Waals surface area contributed by atoms with Crippen LogP contribution in [0.1, 0.15) is 0 Å². The molecular formula is C46H27N3O2. The van der Waals surface area contributed by atoms with Gasteiger partial charge >= 0.3 is 0 Å². The van der Waals surface area contributed by atoms with E-state index in [0.29, 0.717) is 5.82 Å². The van der Waals surface area contributed by atoms with E-state index in [1.165, 1.54) is 0 Å². The first-order chi connectivity index (χ1) is 25.3. The Morgan fingerprint density at radius 2 is 1.06 bits per heavy atom. The topological polar surface area (TPSA) is 57.0 Å². The second-order valence-corrected chi connectivity index (χ2v) is 12.9. The number of aromatic nitrogens is 3. The van der Waals surface area contributed by atoms with Gasteiger partial charge in [-0.1, -0.05) is 109 Å². The van der Waals surface area contributed by atoms with Gasteiger partial charge in [0, 0.05) is 43.7 Å². The van der Waals surface area contributed by atoms with Crippen molar-refractivity contribution in [1.82, 2.24) is 14.5 Å². The lowest BCUT2D eigenvalue weighted by Crippen LogP contribution is -1.96.